The third kappa shape index (κ3) is 3.73. The number of methoxy groups -OCH3 is 1. The molecule has 0 fully saturated rings. The predicted molar refractivity (Wildman–Crippen MR) is 66.8 cm³/mol. The molecule has 16 heavy (non-hydrogen) atoms. The van der Waals surface area contributed by atoms with Gasteiger partial charge in [-0.1, -0.05) is 48.6 Å². The van der Waals surface area contributed by atoms with Crippen molar-refractivity contribution in [1.82, 2.24) is 0 Å². The van der Waals surface area contributed by atoms with Gasteiger partial charge in [-0.2, -0.15) is 0 Å². The Morgan fingerprint density at radius 1 is 1.38 bits per heavy atom. The number of rotatable bonds is 4. The Labute approximate surface area is 96.2 Å². The first-order chi connectivity index (χ1) is 7.63. The van der Waals surface area contributed by atoms with Crippen molar-refractivity contribution >= 4 is 17.6 Å². The molecule has 0 amide bonds. The summed E-state index contributed by atoms with van der Waals surface area (Å²) >= 11 is 0. The number of carbonyl (C=O) groups excluding carboxylic acids is 1. The van der Waals surface area contributed by atoms with Crippen LogP contribution in [-0.4, -0.2) is 13.1 Å². The van der Waals surface area contributed by atoms with Gasteiger partial charge >= 0.3 is 5.97 Å². The topological polar surface area (TPSA) is 26.3 Å². The summed E-state index contributed by atoms with van der Waals surface area (Å²) in [6, 6.07) is 8.02. The lowest BCUT2D eigenvalue weighted by Crippen LogP contribution is -1.96. The first-order valence-electron chi connectivity index (χ1n) is 5.13. The molecule has 0 saturated carbocycles. The molecule has 0 saturated heterocycles. The van der Waals surface area contributed by atoms with Gasteiger partial charge in [0.15, 0.2) is 0 Å². The molecule has 1 aromatic rings. The summed E-state index contributed by atoms with van der Waals surface area (Å²) in [5, 5.41) is 0. The van der Waals surface area contributed by atoms with Crippen LogP contribution in [0.15, 0.2) is 36.9 Å². The summed E-state index contributed by atoms with van der Waals surface area (Å²) in [5.74, 6) is -0.227. The average molecular weight is 216 g/mol. The molecule has 0 aliphatic carbocycles. The van der Waals surface area contributed by atoms with Gasteiger partial charge in [0.2, 0.25) is 0 Å². The van der Waals surface area contributed by atoms with Crippen molar-refractivity contribution in [2.45, 2.75) is 13.3 Å². The van der Waals surface area contributed by atoms with Gasteiger partial charge in [0.1, 0.15) is 0 Å². The molecule has 0 aliphatic heterocycles. The third-order valence-corrected chi connectivity index (χ3v) is 2.23. The summed E-state index contributed by atoms with van der Waals surface area (Å²) in [6.07, 6.45) is 4.00. The third-order valence-electron chi connectivity index (χ3n) is 2.23. The molecule has 2 nitrogen and oxygen atoms in total. The second kappa shape index (κ2) is 5.91. The molecular formula is C14H16O2. The Morgan fingerprint density at radius 2 is 2.00 bits per heavy atom. The molecule has 0 radical (unpaired) electrons. The minimum absolute atomic E-state index is 0.227. The lowest BCUT2D eigenvalue weighted by Gasteiger charge is -1.99. The molecule has 0 aromatic heterocycles. The van der Waals surface area contributed by atoms with Crippen LogP contribution in [0.3, 0.4) is 0 Å². The lowest BCUT2D eigenvalue weighted by atomic mass is 10.1. The fraction of sp³-hybridized carbons (Fsp3) is 0.214. The number of benzene rings is 1. The Hall–Kier alpha value is -1.83. The van der Waals surface area contributed by atoms with Crippen molar-refractivity contribution in [2.24, 2.45) is 0 Å². The fourth-order valence-electron chi connectivity index (χ4n) is 1.25. The van der Waals surface area contributed by atoms with E-state index < -0.39 is 0 Å². The highest BCUT2D eigenvalue weighted by Gasteiger charge is 1.95. The second-order valence-corrected chi connectivity index (χ2v) is 3.58. The Kier molecular flexibility index (Phi) is 4.52. The normalized spacial score (nSPS) is 10.4. The fourth-order valence-corrected chi connectivity index (χ4v) is 1.25. The zero-order valence-corrected chi connectivity index (χ0v) is 9.69. The monoisotopic (exact) mass is 216 g/mol. The SMILES string of the molecule is C=C(C)c1ccc(C=CCC(=O)OC)cc1. The van der Waals surface area contributed by atoms with Crippen LogP contribution in [0.25, 0.3) is 11.6 Å². The van der Waals surface area contributed by atoms with Crippen LogP contribution in [0.2, 0.25) is 0 Å². The van der Waals surface area contributed by atoms with E-state index in [0.717, 1.165) is 16.7 Å². The molecule has 84 valence electrons. The van der Waals surface area contributed by atoms with Crippen molar-refractivity contribution in [2.75, 3.05) is 7.11 Å². The number of ether oxygens (including phenoxy) is 1. The van der Waals surface area contributed by atoms with E-state index >= 15 is 0 Å². The molecule has 1 rings (SSSR count). The molecular weight excluding hydrogens is 200 g/mol. The highest BCUT2D eigenvalue weighted by atomic mass is 16.5. The van der Waals surface area contributed by atoms with Crippen molar-refractivity contribution in [3.8, 4) is 0 Å². The maximum Gasteiger partial charge on any atom is 0.309 e. The van der Waals surface area contributed by atoms with Crippen LogP contribution < -0.4 is 0 Å². The largest absolute Gasteiger partial charge is 0.469 e. The molecule has 0 aliphatic rings. The van der Waals surface area contributed by atoms with Crippen molar-refractivity contribution in [3.05, 3.63) is 48.0 Å². The van der Waals surface area contributed by atoms with E-state index in [1.165, 1.54) is 7.11 Å². The van der Waals surface area contributed by atoms with Crippen LogP contribution >= 0.6 is 0 Å². The average Bonchev–Trinajstić information content (AvgIpc) is 2.29. The van der Waals surface area contributed by atoms with Crippen LogP contribution in [0.4, 0.5) is 0 Å². The van der Waals surface area contributed by atoms with E-state index in [1.54, 1.807) is 6.08 Å². The number of hydrogen-bond acceptors (Lipinski definition) is 2. The molecule has 0 heterocycles. The number of esters is 1. The Balaban J connectivity index is 2.61. The summed E-state index contributed by atoms with van der Waals surface area (Å²) in [4.78, 5) is 10.9. The number of allylic oxidation sites excluding steroid dienone is 1. The minimum Gasteiger partial charge on any atom is -0.469 e. The van der Waals surface area contributed by atoms with E-state index in [0.29, 0.717) is 6.42 Å². The summed E-state index contributed by atoms with van der Waals surface area (Å²) in [7, 11) is 1.39. The minimum atomic E-state index is -0.227. The molecule has 2 heteroatoms. The Morgan fingerprint density at radius 3 is 2.50 bits per heavy atom. The van der Waals surface area contributed by atoms with Gasteiger partial charge in [-0.05, 0) is 18.1 Å². The predicted octanol–water partition coefficient (Wildman–Crippen LogP) is 3.30. The van der Waals surface area contributed by atoms with Gasteiger partial charge in [0.05, 0.1) is 13.5 Å². The van der Waals surface area contributed by atoms with Gasteiger partial charge in [0, 0.05) is 0 Å². The molecule has 0 bridgehead atoms. The van der Waals surface area contributed by atoms with Crippen LogP contribution in [0.5, 0.6) is 0 Å². The van der Waals surface area contributed by atoms with Gasteiger partial charge in [-0.15, -0.1) is 0 Å². The van der Waals surface area contributed by atoms with Crippen LogP contribution in [-0.2, 0) is 9.53 Å². The molecule has 0 unspecified atom stereocenters. The number of carbonyl (C=O) groups is 1. The summed E-state index contributed by atoms with van der Waals surface area (Å²) < 4.78 is 4.54. The first-order valence-corrected chi connectivity index (χ1v) is 5.13. The van der Waals surface area contributed by atoms with Gasteiger partial charge in [-0.3, -0.25) is 4.79 Å². The van der Waals surface area contributed by atoms with Crippen molar-refractivity contribution in [1.29, 1.82) is 0 Å². The summed E-state index contributed by atoms with van der Waals surface area (Å²) in [6.45, 7) is 5.85. The van der Waals surface area contributed by atoms with E-state index in [4.69, 9.17) is 0 Å². The highest BCUT2D eigenvalue weighted by molar-refractivity contribution is 5.72. The second-order valence-electron chi connectivity index (χ2n) is 3.58. The van der Waals surface area contributed by atoms with Crippen molar-refractivity contribution in [3.63, 3.8) is 0 Å². The van der Waals surface area contributed by atoms with Gasteiger partial charge in [0.25, 0.3) is 0 Å². The standard InChI is InChI=1S/C14H16O2/c1-11(2)13-9-7-12(8-10-13)5-4-6-14(15)16-3/h4-5,7-10H,1,6H2,2-3H3. The van der Waals surface area contributed by atoms with E-state index in [2.05, 4.69) is 11.3 Å². The lowest BCUT2D eigenvalue weighted by molar-refractivity contribution is -0.139. The van der Waals surface area contributed by atoms with Gasteiger partial charge in [-0.25, -0.2) is 0 Å². The number of hydrogen-bond donors (Lipinski definition) is 0. The van der Waals surface area contributed by atoms with E-state index in [-0.39, 0.29) is 5.97 Å². The molecule has 0 atom stereocenters. The Bertz CT molecular complexity index is 399. The highest BCUT2D eigenvalue weighted by Crippen LogP contribution is 2.13. The van der Waals surface area contributed by atoms with E-state index in [1.807, 2.05) is 37.3 Å². The summed E-state index contributed by atoms with van der Waals surface area (Å²) in [5.41, 5.74) is 3.24. The van der Waals surface area contributed by atoms with E-state index in [9.17, 15) is 4.79 Å². The first kappa shape index (κ1) is 12.2. The smallest absolute Gasteiger partial charge is 0.309 e. The maximum absolute atomic E-state index is 10.9. The molecule has 0 N–H and O–H groups in total. The van der Waals surface area contributed by atoms with Gasteiger partial charge < -0.3 is 4.74 Å². The van der Waals surface area contributed by atoms with Crippen molar-refractivity contribution < 1.29 is 9.53 Å². The van der Waals surface area contributed by atoms with Crippen LogP contribution in [0, 0.1) is 0 Å². The molecule has 1 aromatic carbocycles. The maximum atomic E-state index is 10.9. The molecule has 0 spiro atoms. The zero-order chi connectivity index (χ0) is 12.0. The zero-order valence-electron chi connectivity index (χ0n) is 9.69. The van der Waals surface area contributed by atoms with Crippen LogP contribution in [0.1, 0.15) is 24.5 Å². The quantitative estimate of drug-likeness (QED) is 0.722.